The second-order valence-corrected chi connectivity index (χ2v) is 9.20. The van der Waals surface area contributed by atoms with Gasteiger partial charge in [-0.2, -0.15) is 0 Å². The average Bonchev–Trinajstić information content (AvgIpc) is 3.50. The molecule has 3 aliphatic rings. The molecule has 2 aromatic rings. The molecule has 8 heteroatoms. The number of hydrogen-bond donors (Lipinski definition) is 1. The van der Waals surface area contributed by atoms with E-state index in [2.05, 4.69) is 20.9 Å². The number of nitrogens with one attached hydrogen (secondary N) is 1. The van der Waals surface area contributed by atoms with Gasteiger partial charge >= 0.3 is 0 Å². The van der Waals surface area contributed by atoms with Gasteiger partial charge in [-0.1, -0.05) is 6.07 Å². The van der Waals surface area contributed by atoms with Crippen molar-refractivity contribution in [3.63, 3.8) is 0 Å². The summed E-state index contributed by atoms with van der Waals surface area (Å²) in [6, 6.07) is 4.02. The van der Waals surface area contributed by atoms with Crippen LogP contribution in [0.1, 0.15) is 60.7 Å². The van der Waals surface area contributed by atoms with Crippen LogP contribution in [0.2, 0.25) is 0 Å². The van der Waals surface area contributed by atoms with Crippen LogP contribution in [0.25, 0.3) is 0 Å². The smallest absolute Gasteiger partial charge is 0.254 e. The maximum absolute atomic E-state index is 12.8. The first-order chi connectivity index (χ1) is 15.7. The lowest BCUT2D eigenvalue weighted by atomic mass is 10.0. The van der Waals surface area contributed by atoms with Crippen molar-refractivity contribution < 1.29 is 9.53 Å². The molecule has 2 saturated heterocycles. The molecule has 0 unspecified atom stereocenters. The average molecular weight is 438 g/mol. The van der Waals surface area contributed by atoms with Crippen molar-refractivity contribution in [2.24, 2.45) is 0 Å². The van der Waals surface area contributed by atoms with Gasteiger partial charge in [-0.3, -0.25) is 19.5 Å². The third-order valence-electron chi connectivity index (χ3n) is 6.93. The van der Waals surface area contributed by atoms with Crippen molar-refractivity contribution >= 4 is 5.91 Å². The van der Waals surface area contributed by atoms with Gasteiger partial charge in [0.25, 0.3) is 5.56 Å². The van der Waals surface area contributed by atoms with Gasteiger partial charge in [-0.25, -0.2) is 4.98 Å². The molecule has 0 bridgehead atoms. The minimum atomic E-state index is -0.0193. The number of H-pyrrole nitrogens is 1. The summed E-state index contributed by atoms with van der Waals surface area (Å²) in [6.07, 6.45) is 8.95. The van der Waals surface area contributed by atoms with E-state index in [1.165, 1.54) is 0 Å². The largest absolute Gasteiger partial charge is 0.378 e. The molecule has 0 aliphatic carbocycles. The maximum atomic E-state index is 12.8. The zero-order chi connectivity index (χ0) is 21.9. The molecule has 0 radical (unpaired) electrons. The van der Waals surface area contributed by atoms with Gasteiger partial charge in [0.15, 0.2) is 0 Å². The number of aromatic nitrogens is 3. The van der Waals surface area contributed by atoms with Crippen molar-refractivity contribution in [1.82, 2.24) is 24.8 Å². The first-order valence-electron chi connectivity index (χ1n) is 11.8. The van der Waals surface area contributed by atoms with E-state index in [1.807, 2.05) is 17.2 Å². The second-order valence-electron chi connectivity index (χ2n) is 9.20. The monoisotopic (exact) mass is 437 g/mol. The molecular formula is C24H31N5O3. The Labute approximate surface area is 188 Å². The Kier molecular flexibility index (Phi) is 6.32. The molecule has 1 amide bonds. The van der Waals surface area contributed by atoms with Crippen LogP contribution in [-0.4, -0.2) is 63.0 Å². The van der Waals surface area contributed by atoms with Gasteiger partial charge in [0.05, 0.1) is 11.8 Å². The van der Waals surface area contributed by atoms with Gasteiger partial charge in [-0.15, -0.1) is 0 Å². The lowest BCUT2D eigenvalue weighted by Gasteiger charge is -2.28. The Hall–Kier alpha value is -2.58. The lowest BCUT2D eigenvalue weighted by molar-refractivity contribution is -0.130. The number of ether oxygens (including phenoxy) is 1. The highest BCUT2D eigenvalue weighted by molar-refractivity contribution is 5.76. The first-order valence-corrected chi connectivity index (χ1v) is 11.8. The van der Waals surface area contributed by atoms with Crippen LogP contribution in [0.15, 0.2) is 29.3 Å². The van der Waals surface area contributed by atoms with Crippen LogP contribution in [-0.2, 0) is 29.0 Å². The van der Waals surface area contributed by atoms with Gasteiger partial charge in [0.1, 0.15) is 5.82 Å². The summed E-state index contributed by atoms with van der Waals surface area (Å²) in [5.74, 6) is 1.01. The third kappa shape index (κ3) is 4.76. The topological polar surface area (TPSA) is 91.4 Å². The minimum absolute atomic E-state index is 0.0193. The number of hydrogen-bond acceptors (Lipinski definition) is 6. The number of nitrogens with zero attached hydrogens (tertiary/aromatic N) is 4. The number of aromatic amines is 1. The Bertz CT molecular complexity index is 1000. The van der Waals surface area contributed by atoms with E-state index in [4.69, 9.17) is 9.72 Å². The summed E-state index contributed by atoms with van der Waals surface area (Å²) in [6.45, 7) is 4.48. The molecule has 32 heavy (non-hydrogen) atoms. The summed E-state index contributed by atoms with van der Waals surface area (Å²) in [5, 5.41) is 0. The van der Waals surface area contributed by atoms with Crippen molar-refractivity contribution in [2.45, 2.75) is 63.6 Å². The normalized spacial score (nSPS) is 23.4. The second kappa shape index (κ2) is 9.50. The maximum Gasteiger partial charge on any atom is 0.254 e. The fourth-order valence-electron chi connectivity index (χ4n) is 5.12. The van der Waals surface area contributed by atoms with E-state index < -0.39 is 0 Å². The number of carbonyl (C=O) groups is 1. The summed E-state index contributed by atoms with van der Waals surface area (Å²) in [5.41, 5.74) is 2.82. The SMILES string of the molecule is O=C(CC[C@H]1CCCO1)N1CC[C@@H](c2nc3c(c(=O)[nH]2)CCN(Cc2cccnc2)C3)C1. The number of likely N-dealkylation sites (tertiary alicyclic amines) is 1. The molecule has 5 rings (SSSR count). The van der Waals surface area contributed by atoms with Crippen LogP contribution in [0, 0.1) is 0 Å². The Balaban J connectivity index is 1.22. The highest BCUT2D eigenvalue weighted by Crippen LogP contribution is 2.27. The van der Waals surface area contributed by atoms with E-state index in [9.17, 15) is 9.59 Å². The minimum Gasteiger partial charge on any atom is -0.378 e. The zero-order valence-electron chi connectivity index (χ0n) is 18.5. The summed E-state index contributed by atoms with van der Waals surface area (Å²) in [7, 11) is 0. The first kappa shape index (κ1) is 21.3. The van der Waals surface area contributed by atoms with Crippen LogP contribution in [0.4, 0.5) is 0 Å². The quantitative estimate of drug-likeness (QED) is 0.743. The van der Waals surface area contributed by atoms with E-state index in [0.717, 1.165) is 74.6 Å². The number of fused-ring (bicyclic) bond motifs is 1. The van der Waals surface area contributed by atoms with Crippen LogP contribution in [0.3, 0.4) is 0 Å². The zero-order valence-corrected chi connectivity index (χ0v) is 18.5. The molecule has 1 N–H and O–H groups in total. The van der Waals surface area contributed by atoms with Crippen molar-refractivity contribution in [3.05, 3.63) is 57.5 Å². The Morgan fingerprint density at radius 2 is 2.22 bits per heavy atom. The summed E-state index contributed by atoms with van der Waals surface area (Å²) >= 11 is 0. The van der Waals surface area contributed by atoms with E-state index in [-0.39, 0.29) is 23.5 Å². The Morgan fingerprint density at radius 1 is 1.28 bits per heavy atom. The molecule has 3 aliphatic heterocycles. The molecule has 0 aromatic carbocycles. The van der Waals surface area contributed by atoms with E-state index in [1.54, 1.807) is 6.20 Å². The molecule has 2 fully saturated rings. The predicted octanol–water partition coefficient (Wildman–Crippen LogP) is 2.00. The Morgan fingerprint density at radius 3 is 3.03 bits per heavy atom. The molecular weight excluding hydrogens is 406 g/mol. The van der Waals surface area contributed by atoms with Gasteiger partial charge in [0, 0.05) is 69.6 Å². The van der Waals surface area contributed by atoms with Crippen molar-refractivity contribution in [2.75, 3.05) is 26.2 Å². The third-order valence-corrected chi connectivity index (χ3v) is 6.93. The van der Waals surface area contributed by atoms with E-state index >= 15 is 0 Å². The van der Waals surface area contributed by atoms with Gasteiger partial charge < -0.3 is 14.6 Å². The predicted molar refractivity (Wildman–Crippen MR) is 119 cm³/mol. The number of amides is 1. The fourth-order valence-corrected chi connectivity index (χ4v) is 5.12. The van der Waals surface area contributed by atoms with Crippen molar-refractivity contribution in [3.8, 4) is 0 Å². The van der Waals surface area contributed by atoms with E-state index in [0.29, 0.717) is 25.9 Å². The van der Waals surface area contributed by atoms with Crippen molar-refractivity contribution in [1.29, 1.82) is 0 Å². The summed E-state index contributed by atoms with van der Waals surface area (Å²) in [4.78, 5) is 41.7. The van der Waals surface area contributed by atoms with Gasteiger partial charge in [0.2, 0.25) is 5.91 Å². The molecule has 2 aromatic heterocycles. The molecule has 170 valence electrons. The number of carbonyl (C=O) groups excluding carboxylic acids is 1. The number of rotatable bonds is 6. The summed E-state index contributed by atoms with van der Waals surface area (Å²) < 4.78 is 5.64. The molecule has 5 heterocycles. The van der Waals surface area contributed by atoms with Crippen LogP contribution < -0.4 is 5.56 Å². The van der Waals surface area contributed by atoms with Crippen LogP contribution in [0.5, 0.6) is 0 Å². The number of pyridine rings is 1. The van der Waals surface area contributed by atoms with Crippen LogP contribution >= 0.6 is 0 Å². The fraction of sp³-hybridized carbons (Fsp3) is 0.583. The standard InChI is InChI=1S/C24H31N5O3/c30-22(6-5-19-4-2-12-32-19)29-11-7-18(15-29)23-26-21-16-28(10-8-20(21)24(31)27-23)14-17-3-1-9-25-13-17/h1,3,9,13,18-19H,2,4-8,10-12,14-16H2,(H,26,27,31)/t18-,19-/m1/s1. The highest BCUT2D eigenvalue weighted by atomic mass is 16.5. The molecule has 2 atom stereocenters. The molecule has 0 saturated carbocycles. The van der Waals surface area contributed by atoms with Gasteiger partial charge in [-0.05, 0) is 43.7 Å². The lowest BCUT2D eigenvalue weighted by Crippen LogP contribution is -2.36. The molecule has 8 nitrogen and oxygen atoms in total. The molecule has 0 spiro atoms. The highest BCUT2D eigenvalue weighted by Gasteiger charge is 2.31.